The summed E-state index contributed by atoms with van der Waals surface area (Å²) < 4.78 is 1.16. The second-order valence-electron chi connectivity index (χ2n) is 5.11. The maximum atomic E-state index is 3.61. The molecule has 0 radical (unpaired) electrons. The number of halogens is 1. The van der Waals surface area contributed by atoms with Crippen LogP contribution in [-0.2, 0) is 0 Å². The maximum absolute atomic E-state index is 3.61. The molecule has 0 bridgehead atoms. The molecule has 0 saturated carbocycles. The van der Waals surface area contributed by atoms with E-state index in [2.05, 4.69) is 77.0 Å². The van der Waals surface area contributed by atoms with Gasteiger partial charge in [0.25, 0.3) is 0 Å². The van der Waals surface area contributed by atoms with E-state index < -0.39 is 0 Å². The third kappa shape index (κ3) is 3.67. The van der Waals surface area contributed by atoms with Gasteiger partial charge in [0.15, 0.2) is 0 Å². The van der Waals surface area contributed by atoms with Crippen molar-refractivity contribution in [3.8, 4) is 0 Å². The second kappa shape index (κ2) is 7.00. The van der Waals surface area contributed by atoms with Crippen LogP contribution in [0.1, 0.15) is 31.9 Å². The van der Waals surface area contributed by atoms with Crippen molar-refractivity contribution < 1.29 is 0 Å². The molecule has 1 N–H and O–H groups in total. The highest BCUT2D eigenvalue weighted by molar-refractivity contribution is 9.10. The van der Waals surface area contributed by atoms with Crippen LogP contribution in [0.5, 0.6) is 0 Å². The van der Waals surface area contributed by atoms with Crippen molar-refractivity contribution in [2.24, 2.45) is 0 Å². The Labute approximate surface area is 129 Å². The second-order valence-corrected chi connectivity index (χ2v) is 7.18. The zero-order chi connectivity index (χ0) is 13.8. The number of benzene rings is 1. The Morgan fingerprint density at radius 1 is 1.53 bits per heavy atom. The van der Waals surface area contributed by atoms with E-state index in [0.717, 1.165) is 11.0 Å². The molecule has 2 nitrogen and oxygen atoms in total. The highest BCUT2D eigenvalue weighted by Gasteiger charge is 2.23. The fourth-order valence-electron chi connectivity index (χ4n) is 2.63. The molecule has 0 spiro atoms. The number of hydrogen-bond acceptors (Lipinski definition) is 3. The fourth-order valence-corrected chi connectivity index (χ4v) is 4.25. The van der Waals surface area contributed by atoms with Crippen molar-refractivity contribution in [2.75, 3.05) is 30.0 Å². The molecule has 1 aromatic carbocycles. The van der Waals surface area contributed by atoms with E-state index in [0.29, 0.717) is 12.1 Å². The third-order valence-electron chi connectivity index (χ3n) is 3.80. The molecule has 19 heavy (non-hydrogen) atoms. The van der Waals surface area contributed by atoms with E-state index in [1.807, 2.05) is 0 Å². The summed E-state index contributed by atoms with van der Waals surface area (Å²) in [5.41, 5.74) is 2.75. The van der Waals surface area contributed by atoms with E-state index >= 15 is 0 Å². The number of nitrogens with zero attached hydrogens (tertiary/aromatic N) is 1. The van der Waals surface area contributed by atoms with Crippen LogP contribution in [0.25, 0.3) is 0 Å². The maximum Gasteiger partial charge on any atom is 0.0426 e. The number of anilines is 1. The highest BCUT2D eigenvalue weighted by atomic mass is 79.9. The van der Waals surface area contributed by atoms with Gasteiger partial charge < -0.3 is 10.2 Å². The summed E-state index contributed by atoms with van der Waals surface area (Å²) in [5, 5.41) is 3.52. The van der Waals surface area contributed by atoms with Gasteiger partial charge in [-0.1, -0.05) is 28.9 Å². The molecule has 1 fully saturated rings. The summed E-state index contributed by atoms with van der Waals surface area (Å²) in [7, 11) is 2.24. The quantitative estimate of drug-likeness (QED) is 0.868. The molecule has 0 amide bonds. The summed E-state index contributed by atoms with van der Waals surface area (Å²) >= 11 is 5.67. The Bertz CT molecular complexity index is 419. The Balaban J connectivity index is 2.27. The lowest BCUT2D eigenvalue weighted by Crippen LogP contribution is -2.33. The zero-order valence-corrected chi connectivity index (χ0v) is 14.4. The minimum atomic E-state index is 0.393. The molecular formula is C15H23BrN2S. The van der Waals surface area contributed by atoms with Gasteiger partial charge in [0.1, 0.15) is 0 Å². The Morgan fingerprint density at radius 3 is 2.95 bits per heavy atom. The molecule has 1 aliphatic heterocycles. The van der Waals surface area contributed by atoms with Crippen molar-refractivity contribution in [3.05, 3.63) is 28.2 Å². The van der Waals surface area contributed by atoms with Crippen molar-refractivity contribution in [3.63, 3.8) is 0 Å². The number of rotatable bonds is 5. The smallest absolute Gasteiger partial charge is 0.0426 e. The van der Waals surface area contributed by atoms with Crippen molar-refractivity contribution in [1.82, 2.24) is 5.32 Å². The molecule has 0 aliphatic carbocycles. The van der Waals surface area contributed by atoms with Crippen LogP contribution < -0.4 is 10.2 Å². The van der Waals surface area contributed by atoms with Gasteiger partial charge in [-0.2, -0.15) is 11.8 Å². The monoisotopic (exact) mass is 342 g/mol. The topological polar surface area (TPSA) is 15.3 Å². The van der Waals surface area contributed by atoms with Gasteiger partial charge in [-0.25, -0.2) is 0 Å². The molecule has 1 heterocycles. The first-order valence-electron chi connectivity index (χ1n) is 6.97. The van der Waals surface area contributed by atoms with Gasteiger partial charge in [0, 0.05) is 35.0 Å². The molecular weight excluding hydrogens is 320 g/mol. The number of hydrogen-bond donors (Lipinski definition) is 1. The average Bonchev–Trinajstić information content (AvgIpc) is 2.91. The van der Waals surface area contributed by atoms with Crippen LogP contribution in [0.4, 0.5) is 5.69 Å². The first-order chi connectivity index (χ1) is 9.13. The molecule has 1 saturated heterocycles. The predicted molar refractivity (Wildman–Crippen MR) is 90.4 cm³/mol. The Morgan fingerprint density at radius 2 is 2.32 bits per heavy atom. The molecule has 2 unspecified atom stereocenters. The first kappa shape index (κ1) is 15.2. The van der Waals surface area contributed by atoms with Crippen molar-refractivity contribution in [1.29, 1.82) is 0 Å². The summed E-state index contributed by atoms with van der Waals surface area (Å²) in [6.07, 6.45) is 1.29. The highest BCUT2D eigenvalue weighted by Crippen LogP contribution is 2.33. The molecule has 106 valence electrons. The van der Waals surface area contributed by atoms with Gasteiger partial charge in [-0.05, 0) is 43.3 Å². The number of nitrogens with one attached hydrogen (secondary N) is 1. The molecule has 4 heteroatoms. The van der Waals surface area contributed by atoms with E-state index in [9.17, 15) is 0 Å². The largest absolute Gasteiger partial charge is 0.370 e. The van der Waals surface area contributed by atoms with Gasteiger partial charge in [0.2, 0.25) is 0 Å². The lowest BCUT2D eigenvalue weighted by atomic mass is 10.0. The lowest BCUT2D eigenvalue weighted by Gasteiger charge is -2.30. The van der Waals surface area contributed by atoms with Crippen LogP contribution in [0, 0.1) is 0 Å². The predicted octanol–water partition coefficient (Wildman–Crippen LogP) is 4.06. The number of thioether (sulfide) groups is 1. The van der Waals surface area contributed by atoms with Gasteiger partial charge >= 0.3 is 0 Å². The van der Waals surface area contributed by atoms with E-state index in [1.165, 1.54) is 29.2 Å². The standard InChI is InChI=1S/C15H23BrN2S/c1-4-17-11(2)14-6-5-12(16)9-15(14)18(3)13-7-8-19-10-13/h5-6,9,11,13,17H,4,7-8,10H2,1-3H3. The van der Waals surface area contributed by atoms with E-state index in [4.69, 9.17) is 0 Å². The van der Waals surface area contributed by atoms with Gasteiger partial charge in [0.05, 0.1) is 0 Å². The van der Waals surface area contributed by atoms with Crippen LogP contribution >= 0.6 is 27.7 Å². The zero-order valence-electron chi connectivity index (χ0n) is 11.9. The molecule has 1 aromatic rings. The normalized spacial score (nSPS) is 20.5. The summed E-state index contributed by atoms with van der Waals surface area (Å²) in [6, 6.07) is 7.71. The van der Waals surface area contributed by atoms with Gasteiger partial charge in [-0.3, -0.25) is 0 Å². The lowest BCUT2D eigenvalue weighted by molar-refractivity contribution is 0.592. The van der Waals surface area contributed by atoms with E-state index in [-0.39, 0.29) is 0 Å². The van der Waals surface area contributed by atoms with Gasteiger partial charge in [-0.15, -0.1) is 0 Å². The first-order valence-corrected chi connectivity index (χ1v) is 8.91. The minimum Gasteiger partial charge on any atom is -0.370 e. The molecule has 0 aromatic heterocycles. The van der Waals surface area contributed by atoms with E-state index in [1.54, 1.807) is 0 Å². The molecule has 1 aliphatic rings. The van der Waals surface area contributed by atoms with Crippen molar-refractivity contribution in [2.45, 2.75) is 32.4 Å². The van der Waals surface area contributed by atoms with Crippen LogP contribution in [-0.4, -0.2) is 31.1 Å². The van der Waals surface area contributed by atoms with Crippen LogP contribution in [0.15, 0.2) is 22.7 Å². The summed E-state index contributed by atoms with van der Waals surface area (Å²) in [6.45, 7) is 5.40. The van der Waals surface area contributed by atoms with Crippen LogP contribution in [0.3, 0.4) is 0 Å². The fraction of sp³-hybridized carbons (Fsp3) is 0.600. The molecule has 2 rings (SSSR count). The Kier molecular flexibility index (Phi) is 5.60. The SMILES string of the molecule is CCNC(C)c1ccc(Br)cc1N(C)C1CCSC1. The average molecular weight is 343 g/mol. The van der Waals surface area contributed by atoms with Crippen molar-refractivity contribution >= 4 is 33.4 Å². The summed E-state index contributed by atoms with van der Waals surface area (Å²) in [4.78, 5) is 2.47. The Hall–Kier alpha value is -0.190. The van der Waals surface area contributed by atoms with Crippen LogP contribution in [0.2, 0.25) is 0 Å². The molecule has 2 atom stereocenters. The summed E-state index contributed by atoms with van der Waals surface area (Å²) in [5.74, 6) is 2.54. The minimum absolute atomic E-state index is 0.393. The third-order valence-corrected chi connectivity index (χ3v) is 5.44.